The molecule has 3 nitrogen and oxygen atoms in total. The molecule has 1 amide bonds. The smallest absolute Gasteiger partial charge is 0.241 e. The predicted molar refractivity (Wildman–Crippen MR) is 88.1 cm³/mol. The maximum atomic E-state index is 12.9. The lowest BCUT2D eigenvalue weighted by atomic mass is 10.0. The Hall–Kier alpha value is -1.00. The van der Waals surface area contributed by atoms with E-state index in [9.17, 15) is 4.79 Å². The third-order valence-corrected chi connectivity index (χ3v) is 5.65. The molecule has 2 fully saturated rings. The molecule has 0 spiro atoms. The highest BCUT2D eigenvalue weighted by atomic mass is 32.2. The summed E-state index contributed by atoms with van der Waals surface area (Å²) in [5.41, 5.74) is 1.20. The molecule has 2 saturated heterocycles. The summed E-state index contributed by atoms with van der Waals surface area (Å²) in [5, 5.41) is 3.57. The Morgan fingerprint density at radius 3 is 2.67 bits per heavy atom. The number of nitrogens with zero attached hydrogens (tertiary/aromatic N) is 1. The minimum absolute atomic E-state index is 0.0369. The van der Waals surface area contributed by atoms with Crippen molar-refractivity contribution in [3.63, 3.8) is 0 Å². The lowest BCUT2D eigenvalue weighted by molar-refractivity contribution is -0.132. The summed E-state index contributed by atoms with van der Waals surface area (Å²) in [4.78, 5) is 15.0. The maximum absolute atomic E-state index is 12.9. The highest BCUT2D eigenvalue weighted by molar-refractivity contribution is 7.99. The lowest BCUT2D eigenvalue weighted by Gasteiger charge is -2.35. The van der Waals surface area contributed by atoms with E-state index in [1.807, 2.05) is 17.8 Å². The van der Waals surface area contributed by atoms with Crippen LogP contribution in [-0.4, -0.2) is 34.4 Å². The van der Waals surface area contributed by atoms with E-state index in [1.165, 1.54) is 17.7 Å². The molecule has 21 heavy (non-hydrogen) atoms. The van der Waals surface area contributed by atoms with Gasteiger partial charge in [-0.1, -0.05) is 44.2 Å². The third kappa shape index (κ3) is 2.97. The normalized spacial score (nSPS) is 30.1. The topological polar surface area (TPSA) is 32.3 Å². The fourth-order valence-corrected chi connectivity index (χ4v) is 4.45. The molecule has 114 valence electrons. The molecule has 0 aromatic heterocycles. The van der Waals surface area contributed by atoms with Crippen molar-refractivity contribution in [2.45, 2.75) is 44.9 Å². The molecular weight excluding hydrogens is 280 g/mol. The zero-order chi connectivity index (χ0) is 14.8. The van der Waals surface area contributed by atoms with Gasteiger partial charge in [0.1, 0.15) is 6.17 Å². The Morgan fingerprint density at radius 1 is 1.29 bits per heavy atom. The molecule has 1 N–H and O–H groups in total. The molecule has 2 heterocycles. The van der Waals surface area contributed by atoms with E-state index in [4.69, 9.17) is 0 Å². The van der Waals surface area contributed by atoms with Gasteiger partial charge in [0.15, 0.2) is 0 Å². The molecule has 3 unspecified atom stereocenters. The lowest BCUT2D eigenvalue weighted by Crippen LogP contribution is -2.43. The molecule has 3 atom stereocenters. The second-order valence-corrected chi connectivity index (χ2v) is 7.47. The molecule has 3 rings (SSSR count). The van der Waals surface area contributed by atoms with Crippen molar-refractivity contribution in [2.75, 3.05) is 11.5 Å². The van der Waals surface area contributed by atoms with Crippen molar-refractivity contribution in [3.8, 4) is 0 Å². The standard InChI is InChI=1S/C17H24N2OS/c1-12(2)15-17(20)19(14-9-6-10-21-11-14)16(18-15)13-7-4-3-5-8-13/h3-5,7-8,12,14-16,18H,6,9-11H2,1-2H3. The van der Waals surface area contributed by atoms with E-state index in [0.717, 1.165) is 12.2 Å². The average molecular weight is 304 g/mol. The van der Waals surface area contributed by atoms with Crippen LogP contribution in [0.3, 0.4) is 0 Å². The Kier molecular flexibility index (Phi) is 4.55. The predicted octanol–water partition coefficient (Wildman–Crippen LogP) is 3.04. The van der Waals surface area contributed by atoms with Crippen molar-refractivity contribution in [2.24, 2.45) is 5.92 Å². The summed E-state index contributed by atoms with van der Waals surface area (Å²) in [6.45, 7) is 4.24. The Bertz CT molecular complexity index is 485. The monoisotopic (exact) mass is 304 g/mol. The van der Waals surface area contributed by atoms with Crippen LogP contribution >= 0.6 is 11.8 Å². The van der Waals surface area contributed by atoms with E-state index in [1.54, 1.807) is 0 Å². The first kappa shape index (κ1) is 14.9. The van der Waals surface area contributed by atoms with Crippen molar-refractivity contribution in [1.29, 1.82) is 0 Å². The number of carbonyl (C=O) groups is 1. The minimum Gasteiger partial charge on any atom is -0.318 e. The number of carbonyl (C=O) groups excluding carboxylic acids is 1. The zero-order valence-electron chi connectivity index (χ0n) is 12.8. The molecule has 2 aliphatic heterocycles. The van der Waals surface area contributed by atoms with E-state index in [2.05, 4.69) is 48.3 Å². The summed E-state index contributed by atoms with van der Waals surface area (Å²) in [6, 6.07) is 10.7. The highest BCUT2D eigenvalue weighted by Gasteiger charge is 2.44. The molecule has 0 bridgehead atoms. The van der Waals surface area contributed by atoms with Gasteiger partial charge in [-0.05, 0) is 30.1 Å². The number of hydrogen-bond acceptors (Lipinski definition) is 3. The Morgan fingerprint density at radius 2 is 2.05 bits per heavy atom. The maximum Gasteiger partial charge on any atom is 0.241 e. The number of nitrogens with one attached hydrogen (secondary N) is 1. The zero-order valence-corrected chi connectivity index (χ0v) is 13.6. The number of hydrogen-bond donors (Lipinski definition) is 1. The second-order valence-electron chi connectivity index (χ2n) is 6.32. The SMILES string of the molecule is CC(C)C1NC(c2ccccc2)N(C2CCCSC2)C1=O. The average Bonchev–Trinajstić information content (AvgIpc) is 2.87. The van der Waals surface area contributed by atoms with Crippen LogP contribution in [-0.2, 0) is 4.79 Å². The number of benzene rings is 1. The van der Waals surface area contributed by atoms with Gasteiger partial charge in [-0.3, -0.25) is 10.1 Å². The molecule has 0 saturated carbocycles. The van der Waals surface area contributed by atoms with Gasteiger partial charge in [0.05, 0.1) is 6.04 Å². The molecule has 1 aromatic carbocycles. The van der Waals surface area contributed by atoms with Gasteiger partial charge >= 0.3 is 0 Å². The summed E-state index contributed by atoms with van der Waals surface area (Å²) >= 11 is 1.98. The fourth-order valence-electron chi connectivity index (χ4n) is 3.31. The van der Waals surface area contributed by atoms with Crippen LogP contribution < -0.4 is 5.32 Å². The second kappa shape index (κ2) is 6.41. The number of amides is 1. The quantitative estimate of drug-likeness (QED) is 0.931. The van der Waals surface area contributed by atoms with Crippen LogP contribution in [0.5, 0.6) is 0 Å². The number of thioether (sulfide) groups is 1. The summed E-state index contributed by atoms with van der Waals surface area (Å²) in [5.74, 6) is 2.91. The highest BCUT2D eigenvalue weighted by Crippen LogP contribution is 2.34. The van der Waals surface area contributed by atoms with Gasteiger partial charge in [0.25, 0.3) is 0 Å². The fraction of sp³-hybridized carbons (Fsp3) is 0.588. The van der Waals surface area contributed by atoms with Crippen molar-refractivity contribution >= 4 is 17.7 Å². The third-order valence-electron chi connectivity index (χ3n) is 4.45. The molecular formula is C17H24N2OS. The largest absolute Gasteiger partial charge is 0.318 e. The number of rotatable bonds is 3. The first-order chi connectivity index (χ1) is 10.2. The van der Waals surface area contributed by atoms with E-state index in [-0.39, 0.29) is 18.1 Å². The first-order valence-corrected chi connectivity index (χ1v) is 9.05. The molecule has 4 heteroatoms. The van der Waals surface area contributed by atoms with Crippen LogP contribution in [0.4, 0.5) is 0 Å². The summed E-state index contributed by atoms with van der Waals surface area (Å²) in [7, 11) is 0. The Labute approximate surface area is 131 Å². The molecule has 0 aliphatic carbocycles. The van der Waals surface area contributed by atoms with E-state index >= 15 is 0 Å². The van der Waals surface area contributed by atoms with Gasteiger partial charge < -0.3 is 4.90 Å². The molecule has 0 radical (unpaired) electrons. The Balaban J connectivity index is 1.89. The van der Waals surface area contributed by atoms with Crippen molar-refractivity contribution in [3.05, 3.63) is 35.9 Å². The van der Waals surface area contributed by atoms with E-state index < -0.39 is 0 Å². The van der Waals surface area contributed by atoms with Crippen LogP contribution in [0.15, 0.2) is 30.3 Å². The molecule has 1 aromatic rings. The van der Waals surface area contributed by atoms with Gasteiger partial charge in [-0.15, -0.1) is 0 Å². The van der Waals surface area contributed by atoms with Gasteiger partial charge in [-0.25, -0.2) is 0 Å². The summed E-state index contributed by atoms with van der Waals surface area (Å²) in [6.07, 6.45) is 2.39. The van der Waals surface area contributed by atoms with Crippen LogP contribution in [0.2, 0.25) is 0 Å². The van der Waals surface area contributed by atoms with Gasteiger partial charge in [0.2, 0.25) is 5.91 Å². The van der Waals surface area contributed by atoms with Crippen LogP contribution in [0, 0.1) is 5.92 Å². The van der Waals surface area contributed by atoms with Crippen molar-refractivity contribution in [1.82, 2.24) is 10.2 Å². The van der Waals surface area contributed by atoms with Gasteiger partial charge in [0, 0.05) is 11.8 Å². The van der Waals surface area contributed by atoms with Gasteiger partial charge in [-0.2, -0.15) is 11.8 Å². The van der Waals surface area contributed by atoms with Crippen LogP contribution in [0.1, 0.15) is 38.4 Å². The first-order valence-electron chi connectivity index (χ1n) is 7.89. The van der Waals surface area contributed by atoms with Crippen LogP contribution in [0.25, 0.3) is 0 Å². The minimum atomic E-state index is -0.0536. The summed E-state index contributed by atoms with van der Waals surface area (Å²) < 4.78 is 0. The van der Waals surface area contributed by atoms with Crippen molar-refractivity contribution < 1.29 is 4.79 Å². The molecule has 2 aliphatic rings. The van der Waals surface area contributed by atoms with E-state index in [0.29, 0.717) is 12.0 Å².